The van der Waals surface area contributed by atoms with E-state index < -0.39 is 0 Å². The van der Waals surface area contributed by atoms with Crippen molar-refractivity contribution in [2.75, 3.05) is 11.9 Å². The summed E-state index contributed by atoms with van der Waals surface area (Å²) in [6.45, 7) is 0.476. The summed E-state index contributed by atoms with van der Waals surface area (Å²) < 4.78 is 19.1. The Balaban J connectivity index is 1.54. The van der Waals surface area contributed by atoms with Crippen molar-refractivity contribution in [3.63, 3.8) is 0 Å². The van der Waals surface area contributed by atoms with E-state index in [2.05, 4.69) is 15.6 Å². The van der Waals surface area contributed by atoms with E-state index in [1.54, 1.807) is 18.5 Å². The third kappa shape index (κ3) is 3.10. The first-order chi connectivity index (χ1) is 12.2. The van der Waals surface area contributed by atoms with E-state index in [1.807, 2.05) is 24.3 Å². The molecule has 5 nitrogen and oxygen atoms in total. The predicted molar refractivity (Wildman–Crippen MR) is 93.2 cm³/mol. The number of nitrogens with one attached hydrogen (secondary N) is 2. The van der Waals surface area contributed by atoms with Gasteiger partial charge in [0.15, 0.2) is 0 Å². The summed E-state index contributed by atoms with van der Waals surface area (Å²) in [5.74, 6) is 0.257. The second kappa shape index (κ2) is 6.39. The van der Waals surface area contributed by atoms with Crippen LogP contribution in [0.4, 0.5) is 14.9 Å². The lowest BCUT2D eigenvalue weighted by molar-refractivity contribution is 0.232. The van der Waals surface area contributed by atoms with Crippen molar-refractivity contribution in [1.29, 1.82) is 0 Å². The van der Waals surface area contributed by atoms with E-state index in [1.165, 1.54) is 12.1 Å². The standard InChI is InChI=1S/C19H16FN3O2/c20-13-4-5-18-15(10-13)17(7-9-25-18)23-19(24)22-16-3-1-2-12-11-21-8-6-14(12)16/h1-6,8,10-11,17H,7,9H2,(H2,22,23,24)/t17-/m1/s1. The second-order valence-corrected chi connectivity index (χ2v) is 5.87. The maximum Gasteiger partial charge on any atom is 0.319 e. The number of fused-ring (bicyclic) bond motifs is 2. The molecule has 2 heterocycles. The number of carbonyl (C=O) groups excluding carboxylic acids is 1. The Morgan fingerprint density at radius 3 is 3.08 bits per heavy atom. The number of hydrogen-bond donors (Lipinski definition) is 2. The van der Waals surface area contributed by atoms with Gasteiger partial charge in [0.1, 0.15) is 11.6 Å². The Hall–Kier alpha value is -3.15. The molecule has 0 fully saturated rings. The highest BCUT2D eigenvalue weighted by atomic mass is 19.1. The molecule has 0 saturated carbocycles. The van der Waals surface area contributed by atoms with E-state index >= 15 is 0 Å². The topological polar surface area (TPSA) is 63.2 Å². The van der Waals surface area contributed by atoms with Crippen LogP contribution in [-0.4, -0.2) is 17.6 Å². The molecule has 1 aromatic heterocycles. The van der Waals surface area contributed by atoms with E-state index in [0.29, 0.717) is 30.0 Å². The highest BCUT2D eigenvalue weighted by Crippen LogP contribution is 2.32. The van der Waals surface area contributed by atoms with Crippen molar-refractivity contribution in [3.05, 3.63) is 66.2 Å². The Morgan fingerprint density at radius 2 is 2.16 bits per heavy atom. The van der Waals surface area contributed by atoms with Gasteiger partial charge in [-0.25, -0.2) is 9.18 Å². The average molecular weight is 337 g/mol. The number of urea groups is 1. The van der Waals surface area contributed by atoms with Gasteiger partial charge in [0.05, 0.1) is 18.3 Å². The number of ether oxygens (including phenoxy) is 1. The molecule has 6 heteroatoms. The zero-order valence-electron chi connectivity index (χ0n) is 13.3. The predicted octanol–water partition coefficient (Wildman–Crippen LogP) is 4.02. The van der Waals surface area contributed by atoms with Gasteiger partial charge in [0, 0.05) is 35.2 Å². The molecule has 25 heavy (non-hydrogen) atoms. The molecule has 4 rings (SSSR count). The minimum Gasteiger partial charge on any atom is -0.493 e. The van der Waals surface area contributed by atoms with Gasteiger partial charge in [-0.1, -0.05) is 12.1 Å². The average Bonchev–Trinajstić information content (AvgIpc) is 2.62. The zero-order valence-corrected chi connectivity index (χ0v) is 13.3. The number of anilines is 1. The zero-order chi connectivity index (χ0) is 17.2. The van der Waals surface area contributed by atoms with Crippen molar-refractivity contribution >= 4 is 22.5 Å². The van der Waals surface area contributed by atoms with Gasteiger partial charge in [-0.05, 0) is 30.3 Å². The third-order valence-corrected chi connectivity index (χ3v) is 4.25. The molecule has 1 atom stereocenters. The third-order valence-electron chi connectivity index (χ3n) is 4.25. The largest absolute Gasteiger partial charge is 0.493 e. The minimum absolute atomic E-state index is 0.295. The van der Waals surface area contributed by atoms with Crippen molar-refractivity contribution in [1.82, 2.24) is 10.3 Å². The van der Waals surface area contributed by atoms with E-state index in [0.717, 1.165) is 10.8 Å². The van der Waals surface area contributed by atoms with Crippen molar-refractivity contribution in [3.8, 4) is 5.75 Å². The molecule has 0 radical (unpaired) electrons. The molecular formula is C19H16FN3O2. The molecule has 0 aliphatic carbocycles. The van der Waals surface area contributed by atoms with Crippen molar-refractivity contribution in [2.45, 2.75) is 12.5 Å². The summed E-state index contributed by atoms with van der Waals surface area (Å²) in [5.41, 5.74) is 1.35. The number of rotatable bonds is 2. The molecule has 2 aromatic carbocycles. The summed E-state index contributed by atoms with van der Waals surface area (Å²) in [7, 11) is 0. The van der Waals surface area contributed by atoms with Crippen LogP contribution < -0.4 is 15.4 Å². The van der Waals surface area contributed by atoms with Gasteiger partial charge in [-0.15, -0.1) is 0 Å². The second-order valence-electron chi connectivity index (χ2n) is 5.87. The molecule has 0 bridgehead atoms. The monoisotopic (exact) mass is 337 g/mol. The molecule has 1 aliphatic rings. The maximum atomic E-state index is 13.5. The number of halogens is 1. The molecule has 0 unspecified atom stereocenters. The first-order valence-electron chi connectivity index (χ1n) is 8.03. The van der Waals surface area contributed by atoms with Crippen LogP contribution in [0.15, 0.2) is 54.9 Å². The SMILES string of the molecule is O=C(Nc1cccc2cnccc12)N[C@@H]1CCOc2ccc(F)cc21. The van der Waals surface area contributed by atoms with Crippen LogP contribution in [-0.2, 0) is 0 Å². The fourth-order valence-corrected chi connectivity index (χ4v) is 3.06. The fraction of sp³-hybridized carbons (Fsp3) is 0.158. The van der Waals surface area contributed by atoms with Crippen molar-refractivity contribution < 1.29 is 13.9 Å². The summed E-state index contributed by atoms with van der Waals surface area (Å²) in [6, 6.07) is 11.2. The number of benzene rings is 2. The van der Waals surface area contributed by atoms with Gasteiger partial charge in [0.25, 0.3) is 0 Å². The molecule has 0 saturated heterocycles. The van der Waals surface area contributed by atoms with E-state index in [4.69, 9.17) is 4.74 Å². The Labute approximate surface area is 143 Å². The van der Waals surface area contributed by atoms with Gasteiger partial charge >= 0.3 is 6.03 Å². The summed E-state index contributed by atoms with van der Waals surface area (Å²) in [6.07, 6.45) is 4.02. The van der Waals surface area contributed by atoms with E-state index in [9.17, 15) is 9.18 Å². The first-order valence-corrected chi connectivity index (χ1v) is 8.03. The summed E-state index contributed by atoms with van der Waals surface area (Å²) >= 11 is 0. The molecular weight excluding hydrogens is 321 g/mol. The molecule has 3 aromatic rings. The normalized spacial score (nSPS) is 16.0. The van der Waals surface area contributed by atoms with Crippen LogP contribution in [0.5, 0.6) is 5.75 Å². The highest BCUT2D eigenvalue weighted by Gasteiger charge is 2.23. The molecule has 2 amide bonds. The summed E-state index contributed by atoms with van der Waals surface area (Å²) in [4.78, 5) is 16.5. The number of aromatic nitrogens is 1. The first kappa shape index (κ1) is 15.4. The van der Waals surface area contributed by atoms with Crippen LogP contribution in [0.25, 0.3) is 10.8 Å². The lowest BCUT2D eigenvalue weighted by Gasteiger charge is -2.26. The van der Waals surface area contributed by atoms with Crippen LogP contribution >= 0.6 is 0 Å². The summed E-state index contributed by atoms with van der Waals surface area (Å²) in [5, 5.41) is 7.62. The Bertz CT molecular complexity index is 940. The van der Waals surface area contributed by atoms with Gasteiger partial charge in [-0.3, -0.25) is 4.98 Å². The molecule has 0 spiro atoms. The lowest BCUT2D eigenvalue weighted by Crippen LogP contribution is -2.35. The highest BCUT2D eigenvalue weighted by molar-refractivity contribution is 6.01. The number of hydrogen-bond acceptors (Lipinski definition) is 3. The smallest absolute Gasteiger partial charge is 0.319 e. The molecule has 126 valence electrons. The number of nitrogens with zero attached hydrogens (tertiary/aromatic N) is 1. The lowest BCUT2D eigenvalue weighted by atomic mass is 10.0. The fourth-order valence-electron chi connectivity index (χ4n) is 3.06. The number of pyridine rings is 1. The maximum absolute atomic E-state index is 13.5. The minimum atomic E-state index is -0.349. The quantitative estimate of drug-likeness (QED) is 0.742. The van der Waals surface area contributed by atoms with Gasteiger partial charge in [-0.2, -0.15) is 0 Å². The van der Waals surface area contributed by atoms with Crippen molar-refractivity contribution in [2.24, 2.45) is 0 Å². The number of amides is 2. The Morgan fingerprint density at radius 1 is 1.24 bits per heavy atom. The molecule has 1 aliphatic heterocycles. The molecule has 2 N–H and O–H groups in total. The van der Waals surface area contributed by atoms with Crippen LogP contribution in [0.3, 0.4) is 0 Å². The van der Waals surface area contributed by atoms with Gasteiger partial charge in [0.2, 0.25) is 0 Å². The van der Waals surface area contributed by atoms with Crippen LogP contribution in [0, 0.1) is 5.82 Å². The van der Waals surface area contributed by atoms with Crippen LogP contribution in [0.1, 0.15) is 18.0 Å². The van der Waals surface area contributed by atoms with Gasteiger partial charge < -0.3 is 15.4 Å². The van der Waals surface area contributed by atoms with Crippen LogP contribution in [0.2, 0.25) is 0 Å². The van der Waals surface area contributed by atoms with E-state index in [-0.39, 0.29) is 17.9 Å². The number of carbonyl (C=O) groups is 1. The Kier molecular flexibility index (Phi) is 3.93.